The summed E-state index contributed by atoms with van der Waals surface area (Å²) in [6.07, 6.45) is 2.58. The van der Waals surface area contributed by atoms with Crippen LogP contribution in [0.3, 0.4) is 0 Å². The van der Waals surface area contributed by atoms with E-state index in [2.05, 4.69) is 13.8 Å². The molecule has 26 heavy (non-hydrogen) atoms. The summed E-state index contributed by atoms with van der Waals surface area (Å²) in [7, 11) is 1.83. The number of carbonyl (C=O) groups is 2. The Morgan fingerprint density at radius 2 is 1.92 bits per heavy atom. The first-order chi connectivity index (χ1) is 12.4. The van der Waals surface area contributed by atoms with Crippen molar-refractivity contribution in [1.82, 2.24) is 9.80 Å². The topological polar surface area (TPSA) is 70.1 Å². The van der Waals surface area contributed by atoms with Gasteiger partial charge < -0.3 is 14.7 Å². The van der Waals surface area contributed by atoms with Crippen LogP contribution in [0.1, 0.15) is 44.6 Å². The minimum absolute atomic E-state index is 0.0144. The molecular formula is C20H30N2O4. The van der Waals surface area contributed by atoms with Crippen molar-refractivity contribution < 1.29 is 19.4 Å². The lowest BCUT2D eigenvalue weighted by Gasteiger charge is -2.25. The Kier molecular flexibility index (Phi) is 7.45. The maximum absolute atomic E-state index is 12.4. The third-order valence-corrected chi connectivity index (χ3v) is 4.97. The van der Waals surface area contributed by atoms with Gasteiger partial charge in [-0.25, -0.2) is 0 Å². The molecule has 0 saturated carbocycles. The van der Waals surface area contributed by atoms with Crippen LogP contribution in [0, 0.1) is 0 Å². The third-order valence-electron chi connectivity index (χ3n) is 4.97. The molecule has 0 bridgehead atoms. The van der Waals surface area contributed by atoms with Gasteiger partial charge in [0.25, 0.3) is 5.91 Å². The van der Waals surface area contributed by atoms with Crippen molar-refractivity contribution in [2.24, 2.45) is 0 Å². The predicted octanol–water partition coefficient (Wildman–Crippen LogP) is 2.59. The van der Waals surface area contributed by atoms with Crippen LogP contribution < -0.4 is 4.74 Å². The van der Waals surface area contributed by atoms with Gasteiger partial charge in [0, 0.05) is 19.1 Å². The second-order valence-corrected chi connectivity index (χ2v) is 7.29. The van der Waals surface area contributed by atoms with Crippen molar-refractivity contribution in [3.05, 3.63) is 29.8 Å². The molecule has 6 heteroatoms. The van der Waals surface area contributed by atoms with Gasteiger partial charge in [-0.2, -0.15) is 0 Å². The summed E-state index contributed by atoms with van der Waals surface area (Å²) in [6, 6.07) is 8.07. The van der Waals surface area contributed by atoms with Crippen LogP contribution in [-0.2, 0) is 9.59 Å². The minimum Gasteiger partial charge on any atom is -0.484 e. The number of carboxylic acids is 1. The van der Waals surface area contributed by atoms with Crippen LogP contribution >= 0.6 is 0 Å². The Morgan fingerprint density at radius 3 is 2.54 bits per heavy atom. The van der Waals surface area contributed by atoms with E-state index in [1.165, 1.54) is 5.56 Å². The number of nitrogens with zero attached hydrogens (tertiary/aromatic N) is 2. The minimum atomic E-state index is -0.818. The van der Waals surface area contributed by atoms with Gasteiger partial charge >= 0.3 is 5.97 Å². The van der Waals surface area contributed by atoms with Crippen molar-refractivity contribution in [1.29, 1.82) is 0 Å². The molecule has 1 N–H and O–H groups in total. The van der Waals surface area contributed by atoms with E-state index < -0.39 is 5.97 Å². The van der Waals surface area contributed by atoms with Gasteiger partial charge in [-0.05, 0) is 49.9 Å². The maximum Gasteiger partial charge on any atom is 0.317 e. The molecule has 1 amide bonds. The van der Waals surface area contributed by atoms with E-state index in [1.807, 2.05) is 41.1 Å². The summed E-state index contributed by atoms with van der Waals surface area (Å²) < 4.78 is 5.64. The molecule has 1 aromatic carbocycles. The highest BCUT2D eigenvalue weighted by molar-refractivity contribution is 5.77. The Balaban J connectivity index is 1.81. The number of hydrogen-bond acceptors (Lipinski definition) is 4. The SMILES string of the molecule is CC(C)c1ccc(OCC(=O)N2CCCC(N(C)CC(=O)O)CC2)cc1. The van der Waals surface area contributed by atoms with Gasteiger partial charge in [0.05, 0.1) is 6.54 Å². The molecule has 2 rings (SSSR count). The zero-order chi connectivity index (χ0) is 19.1. The van der Waals surface area contributed by atoms with E-state index in [0.717, 1.165) is 19.3 Å². The fourth-order valence-corrected chi connectivity index (χ4v) is 3.30. The largest absolute Gasteiger partial charge is 0.484 e. The predicted molar refractivity (Wildman–Crippen MR) is 101 cm³/mol. The number of rotatable bonds is 7. The van der Waals surface area contributed by atoms with Crippen molar-refractivity contribution in [2.45, 2.75) is 45.1 Å². The van der Waals surface area contributed by atoms with Gasteiger partial charge in [0.2, 0.25) is 0 Å². The van der Waals surface area contributed by atoms with Crippen LogP contribution in [0.2, 0.25) is 0 Å². The first-order valence-corrected chi connectivity index (χ1v) is 9.29. The van der Waals surface area contributed by atoms with Crippen molar-refractivity contribution in [3.63, 3.8) is 0 Å². The molecule has 1 aliphatic heterocycles. The summed E-state index contributed by atoms with van der Waals surface area (Å²) in [5.41, 5.74) is 1.24. The van der Waals surface area contributed by atoms with Crippen molar-refractivity contribution >= 4 is 11.9 Å². The molecule has 144 valence electrons. The van der Waals surface area contributed by atoms with E-state index in [-0.39, 0.29) is 25.1 Å². The molecule has 1 aromatic rings. The van der Waals surface area contributed by atoms with Gasteiger partial charge in [0.1, 0.15) is 5.75 Å². The van der Waals surface area contributed by atoms with E-state index in [1.54, 1.807) is 0 Å². The highest BCUT2D eigenvalue weighted by atomic mass is 16.5. The third kappa shape index (κ3) is 6.02. The first kappa shape index (κ1) is 20.2. The fourth-order valence-electron chi connectivity index (χ4n) is 3.30. The zero-order valence-electron chi connectivity index (χ0n) is 16.0. The van der Waals surface area contributed by atoms with E-state index in [0.29, 0.717) is 24.8 Å². The second-order valence-electron chi connectivity index (χ2n) is 7.29. The molecule has 1 saturated heterocycles. The molecule has 6 nitrogen and oxygen atoms in total. The molecule has 0 spiro atoms. The summed E-state index contributed by atoms with van der Waals surface area (Å²) in [4.78, 5) is 27.0. The van der Waals surface area contributed by atoms with Crippen LogP contribution in [0.5, 0.6) is 5.75 Å². The number of hydrogen-bond donors (Lipinski definition) is 1. The van der Waals surface area contributed by atoms with Gasteiger partial charge in [0.15, 0.2) is 6.61 Å². The molecule has 1 fully saturated rings. The molecule has 0 radical (unpaired) electrons. The van der Waals surface area contributed by atoms with Crippen LogP contribution in [0.15, 0.2) is 24.3 Å². The molecule has 0 aromatic heterocycles. The van der Waals surface area contributed by atoms with E-state index in [4.69, 9.17) is 9.84 Å². The smallest absolute Gasteiger partial charge is 0.317 e. The van der Waals surface area contributed by atoms with E-state index >= 15 is 0 Å². The lowest BCUT2D eigenvalue weighted by Crippen LogP contribution is -2.38. The summed E-state index contributed by atoms with van der Waals surface area (Å²) in [5.74, 6) is 0.340. The Morgan fingerprint density at radius 1 is 1.23 bits per heavy atom. The maximum atomic E-state index is 12.4. The van der Waals surface area contributed by atoms with E-state index in [9.17, 15) is 9.59 Å². The van der Waals surface area contributed by atoms with Crippen LogP contribution in [0.25, 0.3) is 0 Å². The lowest BCUT2D eigenvalue weighted by molar-refractivity contribution is -0.138. The molecule has 1 unspecified atom stereocenters. The second kappa shape index (κ2) is 9.57. The average molecular weight is 362 g/mol. The number of carboxylic acid groups (broad SMARTS) is 1. The number of likely N-dealkylation sites (N-methyl/N-ethyl adjacent to an activating group) is 1. The van der Waals surface area contributed by atoms with Gasteiger partial charge in [-0.3, -0.25) is 14.5 Å². The molecule has 0 aliphatic carbocycles. The number of likely N-dealkylation sites (tertiary alicyclic amines) is 1. The lowest BCUT2D eigenvalue weighted by atomic mass is 10.0. The van der Waals surface area contributed by atoms with Gasteiger partial charge in [-0.15, -0.1) is 0 Å². The highest BCUT2D eigenvalue weighted by Gasteiger charge is 2.24. The number of amides is 1. The quantitative estimate of drug-likeness (QED) is 0.807. The van der Waals surface area contributed by atoms with Gasteiger partial charge in [-0.1, -0.05) is 26.0 Å². The zero-order valence-corrected chi connectivity index (χ0v) is 16.0. The molecular weight excluding hydrogens is 332 g/mol. The monoisotopic (exact) mass is 362 g/mol. The first-order valence-electron chi connectivity index (χ1n) is 9.29. The number of aliphatic carboxylic acids is 1. The Labute approximate surface area is 155 Å². The number of ether oxygens (including phenoxy) is 1. The summed E-state index contributed by atoms with van der Waals surface area (Å²) in [6.45, 7) is 5.69. The Bertz CT molecular complexity index is 600. The fraction of sp³-hybridized carbons (Fsp3) is 0.600. The number of carbonyl (C=O) groups excluding carboxylic acids is 1. The molecule has 1 atom stereocenters. The number of benzene rings is 1. The molecule has 1 aliphatic rings. The summed E-state index contributed by atoms with van der Waals surface area (Å²) in [5, 5.41) is 8.93. The van der Waals surface area contributed by atoms with Crippen molar-refractivity contribution in [2.75, 3.05) is 33.3 Å². The molecule has 1 heterocycles. The normalized spacial score (nSPS) is 18.0. The van der Waals surface area contributed by atoms with Crippen LogP contribution in [0.4, 0.5) is 0 Å². The summed E-state index contributed by atoms with van der Waals surface area (Å²) >= 11 is 0. The van der Waals surface area contributed by atoms with Crippen molar-refractivity contribution in [3.8, 4) is 5.75 Å². The highest BCUT2D eigenvalue weighted by Crippen LogP contribution is 2.19. The standard InChI is InChI=1S/C20H30N2O4/c1-15(2)16-6-8-18(9-7-16)26-14-19(23)22-11-4-5-17(10-12-22)21(3)13-20(24)25/h6-9,15,17H,4-5,10-14H2,1-3H3,(H,24,25). The van der Waals surface area contributed by atoms with Crippen LogP contribution in [-0.4, -0.2) is 66.1 Å². The Hall–Kier alpha value is -2.08. The average Bonchev–Trinajstić information content (AvgIpc) is 2.85.